The Morgan fingerprint density at radius 2 is 1.84 bits per heavy atom. The van der Waals surface area contributed by atoms with E-state index in [0.29, 0.717) is 16.9 Å². The molecule has 156 valence electrons. The number of ketones is 1. The van der Waals surface area contributed by atoms with Crippen molar-refractivity contribution < 1.29 is 23.9 Å². The van der Waals surface area contributed by atoms with Crippen molar-refractivity contribution in [1.82, 2.24) is 0 Å². The molecule has 0 unspecified atom stereocenters. The highest BCUT2D eigenvalue weighted by atomic mass is 32.1. The number of carbonyl (C=O) groups is 3. The maximum absolute atomic E-state index is 12.8. The lowest BCUT2D eigenvalue weighted by molar-refractivity contribution is -0.141. The summed E-state index contributed by atoms with van der Waals surface area (Å²) in [6, 6.07) is 18.6. The molecule has 4 atom stereocenters. The number of allylic oxidation sites excluding steroid dienone is 1. The van der Waals surface area contributed by atoms with Crippen LogP contribution in [-0.2, 0) is 14.3 Å². The number of carbonyl (C=O) groups excluding carboxylic acids is 3. The summed E-state index contributed by atoms with van der Waals surface area (Å²) in [5.41, 5.74) is 0.473. The topological polar surface area (TPSA) is 69.7 Å². The first-order valence-electron chi connectivity index (χ1n) is 10.2. The number of ether oxygens (including phenoxy) is 2. The summed E-state index contributed by atoms with van der Waals surface area (Å²) in [6.45, 7) is 0. The minimum atomic E-state index is -0.442. The van der Waals surface area contributed by atoms with Crippen molar-refractivity contribution >= 4 is 39.1 Å². The van der Waals surface area contributed by atoms with Crippen LogP contribution in [-0.4, -0.2) is 29.9 Å². The lowest BCUT2D eigenvalue weighted by atomic mass is 9.91. The van der Waals surface area contributed by atoms with Gasteiger partial charge < -0.3 is 9.47 Å². The lowest BCUT2D eigenvalue weighted by Crippen LogP contribution is -2.24. The molecule has 2 fully saturated rings. The quantitative estimate of drug-likeness (QED) is 0.329. The van der Waals surface area contributed by atoms with E-state index in [1.807, 2.05) is 36.4 Å². The van der Waals surface area contributed by atoms with Gasteiger partial charge in [-0.25, -0.2) is 4.79 Å². The normalized spacial score (nSPS) is 25.0. The van der Waals surface area contributed by atoms with Crippen LogP contribution in [0.1, 0.15) is 32.9 Å². The fraction of sp³-hybridized carbons (Fsp3) is 0.240. The third kappa shape index (κ3) is 3.91. The van der Waals surface area contributed by atoms with E-state index >= 15 is 0 Å². The van der Waals surface area contributed by atoms with Crippen LogP contribution in [0.3, 0.4) is 0 Å². The molecule has 1 aliphatic heterocycles. The molecule has 2 aromatic carbocycles. The first-order chi connectivity index (χ1) is 15.1. The summed E-state index contributed by atoms with van der Waals surface area (Å²) < 4.78 is 12.3. The van der Waals surface area contributed by atoms with Gasteiger partial charge in [-0.05, 0) is 35.7 Å². The molecule has 31 heavy (non-hydrogen) atoms. The van der Waals surface area contributed by atoms with Crippen molar-refractivity contribution in [3.8, 4) is 0 Å². The van der Waals surface area contributed by atoms with Crippen LogP contribution in [0.4, 0.5) is 0 Å². The maximum Gasteiger partial charge on any atom is 0.338 e. The van der Waals surface area contributed by atoms with Gasteiger partial charge in [-0.3, -0.25) is 9.59 Å². The van der Waals surface area contributed by atoms with Gasteiger partial charge in [0.05, 0.1) is 16.9 Å². The molecule has 0 bridgehead atoms. The number of fused-ring (bicyclic) bond motifs is 2. The van der Waals surface area contributed by atoms with Gasteiger partial charge in [-0.15, -0.1) is 11.3 Å². The second kappa shape index (κ2) is 8.12. The predicted octanol–water partition coefficient (Wildman–Crippen LogP) is 4.82. The number of hydrogen-bond donors (Lipinski definition) is 0. The van der Waals surface area contributed by atoms with Crippen molar-refractivity contribution in [2.24, 2.45) is 11.8 Å². The SMILES string of the molecule is O=C1C[C@@H]2[C@@H](C=CC(=O)c3cc4ccccc4s3)[C@H](OC(=O)c3ccccc3)C[C@@H]2O1. The van der Waals surface area contributed by atoms with E-state index in [2.05, 4.69) is 0 Å². The van der Waals surface area contributed by atoms with Gasteiger partial charge in [0.15, 0.2) is 5.78 Å². The molecule has 1 saturated heterocycles. The molecule has 0 amide bonds. The first kappa shape index (κ1) is 19.7. The summed E-state index contributed by atoms with van der Waals surface area (Å²) in [5, 5.41) is 1.04. The molecule has 2 aliphatic rings. The first-order valence-corrected chi connectivity index (χ1v) is 11.1. The van der Waals surface area contributed by atoms with E-state index < -0.39 is 12.1 Å². The fourth-order valence-electron chi connectivity index (χ4n) is 4.45. The second-order valence-electron chi connectivity index (χ2n) is 7.89. The van der Waals surface area contributed by atoms with Crippen molar-refractivity contribution in [2.45, 2.75) is 25.0 Å². The van der Waals surface area contributed by atoms with Gasteiger partial charge in [0.25, 0.3) is 0 Å². The number of hydrogen-bond acceptors (Lipinski definition) is 6. The third-order valence-corrected chi connectivity index (χ3v) is 7.09. The summed E-state index contributed by atoms with van der Waals surface area (Å²) in [4.78, 5) is 37.8. The van der Waals surface area contributed by atoms with E-state index in [-0.39, 0.29) is 36.1 Å². The van der Waals surface area contributed by atoms with Crippen molar-refractivity contribution in [3.63, 3.8) is 0 Å². The van der Waals surface area contributed by atoms with Crippen LogP contribution in [0, 0.1) is 11.8 Å². The van der Waals surface area contributed by atoms with Crippen LogP contribution >= 0.6 is 11.3 Å². The van der Waals surface area contributed by atoms with E-state index in [9.17, 15) is 14.4 Å². The average Bonchev–Trinajstić information content (AvgIpc) is 3.45. The standard InChI is InChI=1S/C25H20O5S/c26-19(23-12-16-8-4-5-9-22(16)31-23)11-10-17-18-13-24(27)29-21(18)14-20(17)30-25(28)15-6-2-1-3-7-15/h1-12,17-18,20-21H,13-14H2/t17-,18-,20-,21+/m1/s1. The van der Waals surface area contributed by atoms with E-state index in [4.69, 9.17) is 9.47 Å². The molecule has 5 nitrogen and oxygen atoms in total. The minimum absolute atomic E-state index is 0.0902. The molecule has 3 aromatic rings. The van der Waals surface area contributed by atoms with Crippen molar-refractivity contribution in [1.29, 1.82) is 0 Å². The van der Waals surface area contributed by atoms with Crippen LogP contribution < -0.4 is 0 Å². The van der Waals surface area contributed by atoms with E-state index in [1.165, 1.54) is 11.3 Å². The van der Waals surface area contributed by atoms with Gasteiger partial charge in [-0.1, -0.05) is 42.5 Å². The fourth-order valence-corrected chi connectivity index (χ4v) is 5.44. The number of rotatable bonds is 5. The molecule has 6 heteroatoms. The minimum Gasteiger partial charge on any atom is -0.462 e. The Bertz CT molecular complexity index is 1150. The summed E-state index contributed by atoms with van der Waals surface area (Å²) in [7, 11) is 0. The number of benzene rings is 2. The summed E-state index contributed by atoms with van der Waals surface area (Å²) in [5.74, 6) is -1.08. The number of thiophene rings is 1. The average molecular weight is 432 g/mol. The Morgan fingerprint density at radius 3 is 2.65 bits per heavy atom. The predicted molar refractivity (Wildman–Crippen MR) is 117 cm³/mol. The van der Waals surface area contributed by atoms with E-state index in [1.54, 1.807) is 36.4 Å². The van der Waals surface area contributed by atoms with Gasteiger partial charge in [0.1, 0.15) is 12.2 Å². The Kier molecular flexibility index (Phi) is 5.16. The van der Waals surface area contributed by atoms with Crippen LogP contribution in [0.25, 0.3) is 10.1 Å². The Morgan fingerprint density at radius 1 is 1.06 bits per heavy atom. The maximum atomic E-state index is 12.8. The van der Waals surface area contributed by atoms with Crippen molar-refractivity contribution in [2.75, 3.05) is 0 Å². The van der Waals surface area contributed by atoms with E-state index in [0.717, 1.165) is 10.1 Å². The smallest absolute Gasteiger partial charge is 0.338 e. The van der Waals surface area contributed by atoms with Crippen molar-refractivity contribution in [3.05, 3.63) is 83.3 Å². The Balaban J connectivity index is 1.36. The molecule has 0 spiro atoms. The van der Waals surface area contributed by atoms with Crippen LogP contribution in [0.5, 0.6) is 0 Å². The molecule has 0 N–H and O–H groups in total. The molecule has 5 rings (SSSR count). The Hall–Kier alpha value is -3.25. The summed E-state index contributed by atoms with van der Waals surface area (Å²) >= 11 is 1.45. The van der Waals surface area contributed by atoms with Crippen LogP contribution in [0.15, 0.2) is 72.8 Å². The van der Waals surface area contributed by atoms with Crippen LogP contribution in [0.2, 0.25) is 0 Å². The molecule has 2 heterocycles. The zero-order chi connectivity index (χ0) is 21.4. The third-order valence-electron chi connectivity index (χ3n) is 5.96. The number of esters is 2. The van der Waals surface area contributed by atoms with Gasteiger partial charge >= 0.3 is 11.9 Å². The van der Waals surface area contributed by atoms with Gasteiger partial charge in [0, 0.05) is 23.0 Å². The largest absolute Gasteiger partial charge is 0.462 e. The monoisotopic (exact) mass is 432 g/mol. The Labute approximate surface area is 183 Å². The summed E-state index contributed by atoms with van der Waals surface area (Å²) in [6.07, 6.45) is 3.33. The molecule has 1 aromatic heterocycles. The van der Waals surface area contributed by atoms with Gasteiger partial charge in [0.2, 0.25) is 0 Å². The highest BCUT2D eigenvalue weighted by Gasteiger charge is 2.50. The molecular formula is C25H20O5S. The zero-order valence-corrected chi connectivity index (χ0v) is 17.4. The highest BCUT2D eigenvalue weighted by molar-refractivity contribution is 7.21. The van der Waals surface area contributed by atoms with Gasteiger partial charge in [-0.2, -0.15) is 0 Å². The molecular weight excluding hydrogens is 412 g/mol. The molecule has 1 aliphatic carbocycles. The zero-order valence-electron chi connectivity index (χ0n) is 16.6. The second-order valence-corrected chi connectivity index (χ2v) is 8.97. The highest BCUT2D eigenvalue weighted by Crippen LogP contribution is 2.43. The molecule has 1 saturated carbocycles. The molecule has 0 radical (unpaired) electrons. The lowest BCUT2D eigenvalue weighted by Gasteiger charge is -2.20.